The van der Waals surface area contributed by atoms with E-state index < -0.39 is 18.1 Å². The molecule has 2 rings (SSSR count). The number of carboxylic acids is 1. The maximum Gasteiger partial charge on any atom is 0.408 e. The molecule has 0 unspecified atom stereocenters. The Hall–Kier alpha value is -2.82. The van der Waals surface area contributed by atoms with Gasteiger partial charge in [0.2, 0.25) is 0 Å². The van der Waals surface area contributed by atoms with Gasteiger partial charge in [-0.3, -0.25) is 0 Å². The molecule has 0 radical (unpaired) electrons. The number of ether oxygens (including phenoxy) is 1. The van der Waals surface area contributed by atoms with Crippen molar-refractivity contribution in [1.82, 2.24) is 5.32 Å². The van der Waals surface area contributed by atoms with Gasteiger partial charge in [0.05, 0.1) is 0 Å². The molecule has 1 atom stereocenters. The normalized spacial score (nSPS) is 11.5. The third-order valence-corrected chi connectivity index (χ3v) is 3.49. The van der Waals surface area contributed by atoms with Crippen LogP contribution < -0.4 is 5.32 Å². The zero-order chi connectivity index (χ0) is 16.7. The highest BCUT2D eigenvalue weighted by Gasteiger charge is 2.21. The van der Waals surface area contributed by atoms with Crippen LogP contribution >= 0.6 is 0 Å². The van der Waals surface area contributed by atoms with Gasteiger partial charge in [0.15, 0.2) is 0 Å². The molecule has 0 heterocycles. The van der Waals surface area contributed by atoms with Gasteiger partial charge in [-0.05, 0) is 23.6 Å². The zero-order valence-electron chi connectivity index (χ0n) is 12.9. The Morgan fingerprint density at radius 3 is 2.39 bits per heavy atom. The first kappa shape index (κ1) is 16.5. The summed E-state index contributed by atoms with van der Waals surface area (Å²) in [6.07, 6.45) is -0.530. The minimum atomic E-state index is -1.09. The smallest absolute Gasteiger partial charge is 0.408 e. The molecular formula is C18H19NO4. The van der Waals surface area contributed by atoms with Crippen molar-refractivity contribution in [1.29, 1.82) is 0 Å². The first-order valence-electron chi connectivity index (χ1n) is 7.31. The third-order valence-electron chi connectivity index (χ3n) is 3.49. The van der Waals surface area contributed by atoms with Crippen molar-refractivity contribution < 1.29 is 19.4 Å². The summed E-state index contributed by atoms with van der Waals surface area (Å²) in [4.78, 5) is 23.2. The van der Waals surface area contributed by atoms with Crippen LogP contribution in [-0.2, 0) is 22.6 Å². The SMILES string of the molecule is Cc1ccccc1C[C@H](NC(=O)OCc1ccccc1)C(=O)O. The van der Waals surface area contributed by atoms with Crippen LogP contribution in [0.4, 0.5) is 4.79 Å². The van der Waals surface area contributed by atoms with E-state index in [0.29, 0.717) is 0 Å². The number of benzene rings is 2. The Balaban J connectivity index is 1.92. The first-order valence-corrected chi connectivity index (χ1v) is 7.31. The van der Waals surface area contributed by atoms with Gasteiger partial charge in [0.25, 0.3) is 0 Å². The van der Waals surface area contributed by atoms with E-state index in [4.69, 9.17) is 4.74 Å². The van der Waals surface area contributed by atoms with Crippen LogP contribution in [0.1, 0.15) is 16.7 Å². The molecule has 0 aromatic heterocycles. The minimum Gasteiger partial charge on any atom is -0.480 e. The lowest BCUT2D eigenvalue weighted by Crippen LogP contribution is -2.42. The number of amides is 1. The van der Waals surface area contributed by atoms with E-state index >= 15 is 0 Å². The highest BCUT2D eigenvalue weighted by molar-refractivity contribution is 5.80. The van der Waals surface area contributed by atoms with Crippen molar-refractivity contribution >= 4 is 12.1 Å². The van der Waals surface area contributed by atoms with E-state index in [0.717, 1.165) is 16.7 Å². The molecule has 5 nitrogen and oxygen atoms in total. The summed E-state index contributed by atoms with van der Waals surface area (Å²) in [5.74, 6) is -1.09. The van der Waals surface area contributed by atoms with Gasteiger partial charge in [-0.15, -0.1) is 0 Å². The Morgan fingerprint density at radius 1 is 1.09 bits per heavy atom. The Morgan fingerprint density at radius 2 is 1.74 bits per heavy atom. The standard InChI is InChI=1S/C18H19NO4/c1-13-7-5-6-10-15(13)11-16(17(20)21)19-18(22)23-12-14-8-3-2-4-9-14/h2-10,16H,11-12H2,1H3,(H,19,22)(H,20,21)/t16-/m0/s1. The van der Waals surface area contributed by atoms with E-state index in [-0.39, 0.29) is 13.0 Å². The van der Waals surface area contributed by atoms with Crippen LogP contribution in [-0.4, -0.2) is 23.2 Å². The molecule has 120 valence electrons. The summed E-state index contributed by atoms with van der Waals surface area (Å²) in [5.41, 5.74) is 2.70. The topological polar surface area (TPSA) is 75.6 Å². The second-order valence-corrected chi connectivity index (χ2v) is 5.23. The lowest BCUT2D eigenvalue weighted by molar-refractivity contribution is -0.139. The maximum absolute atomic E-state index is 11.8. The molecule has 0 saturated heterocycles. The van der Waals surface area contributed by atoms with Gasteiger partial charge < -0.3 is 15.2 Å². The lowest BCUT2D eigenvalue weighted by Gasteiger charge is -2.16. The van der Waals surface area contributed by atoms with Crippen molar-refractivity contribution in [3.63, 3.8) is 0 Å². The Bertz CT molecular complexity index is 670. The van der Waals surface area contributed by atoms with Gasteiger partial charge in [0.1, 0.15) is 12.6 Å². The van der Waals surface area contributed by atoms with Crippen LogP contribution in [0.5, 0.6) is 0 Å². The number of carboxylic acid groups (broad SMARTS) is 1. The maximum atomic E-state index is 11.8. The van der Waals surface area contributed by atoms with Crippen LogP contribution in [0.15, 0.2) is 54.6 Å². The fraction of sp³-hybridized carbons (Fsp3) is 0.222. The van der Waals surface area contributed by atoms with Crippen molar-refractivity contribution in [3.8, 4) is 0 Å². The largest absolute Gasteiger partial charge is 0.480 e. The van der Waals surface area contributed by atoms with Gasteiger partial charge in [-0.1, -0.05) is 54.6 Å². The average Bonchev–Trinajstić information content (AvgIpc) is 2.55. The van der Waals surface area contributed by atoms with E-state index in [2.05, 4.69) is 5.32 Å². The number of carbonyl (C=O) groups is 2. The van der Waals surface area contributed by atoms with Crippen molar-refractivity contribution in [2.45, 2.75) is 26.0 Å². The summed E-state index contributed by atoms with van der Waals surface area (Å²) >= 11 is 0. The zero-order valence-corrected chi connectivity index (χ0v) is 12.9. The number of nitrogens with one attached hydrogen (secondary N) is 1. The molecular weight excluding hydrogens is 294 g/mol. The molecule has 0 fully saturated rings. The molecule has 2 aromatic rings. The number of alkyl carbamates (subject to hydrolysis) is 1. The summed E-state index contributed by atoms with van der Waals surface area (Å²) in [5, 5.41) is 11.7. The number of carbonyl (C=O) groups excluding carboxylic acids is 1. The molecule has 23 heavy (non-hydrogen) atoms. The molecule has 5 heteroatoms. The second-order valence-electron chi connectivity index (χ2n) is 5.23. The van der Waals surface area contributed by atoms with Crippen LogP contribution in [0.25, 0.3) is 0 Å². The summed E-state index contributed by atoms with van der Waals surface area (Å²) < 4.78 is 5.06. The number of rotatable bonds is 6. The summed E-state index contributed by atoms with van der Waals surface area (Å²) in [7, 11) is 0. The van der Waals surface area contributed by atoms with Crippen LogP contribution in [0.2, 0.25) is 0 Å². The molecule has 0 aliphatic heterocycles. The minimum absolute atomic E-state index is 0.101. The van der Waals surface area contributed by atoms with Gasteiger partial charge in [0, 0.05) is 6.42 Å². The monoisotopic (exact) mass is 313 g/mol. The summed E-state index contributed by atoms with van der Waals surface area (Å²) in [6, 6.07) is 15.7. The van der Waals surface area contributed by atoms with Crippen molar-refractivity contribution in [2.75, 3.05) is 0 Å². The highest BCUT2D eigenvalue weighted by atomic mass is 16.5. The Kier molecular flexibility index (Phi) is 5.74. The van der Waals surface area contributed by atoms with Crippen LogP contribution in [0, 0.1) is 6.92 Å². The van der Waals surface area contributed by atoms with E-state index in [1.807, 2.05) is 61.5 Å². The van der Waals surface area contributed by atoms with Crippen molar-refractivity contribution in [2.24, 2.45) is 0 Å². The van der Waals surface area contributed by atoms with Crippen LogP contribution in [0.3, 0.4) is 0 Å². The number of hydrogen-bond acceptors (Lipinski definition) is 3. The predicted octanol–water partition coefficient (Wildman–Crippen LogP) is 2.92. The molecule has 1 amide bonds. The second kappa shape index (κ2) is 7.98. The molecule has 2 aromatic carbocycles. The van der Waals surface area contributed by atoms with E-state index in [1.54, 1.807) is 0 Å². The van der Waals surface area contributed by atoms with Crippen molar-refractivity contribution in [3.05, 3.63) is 71.3 Å². The number of aliphatic carboxylic acids is 1. The molecule has 0 aliphatic carbocycles. The van der Waals surface area contributed by atoms with E-state index in [1.165, 1.54) is 0 Å². The molecule has 0 bridgehead atoms. The number of aryl methyl sites for hydroxylation is 1. The Labute approximate surface area is 134 Å². The van der Waals surface area contributed by atoms with Gasteiger partial charge >= 0.3 is 12.1 Å². The predicted molar refractivity (Wildman–Crippen MR) is 86.1 cm³/mol. The third kappa shape index (κ3) is 5.14. The quantitative estimate of drug-likeness (QED) is 0.860. The fourth-order valence-corrected chi connectivity index (χ4v) is 2.17. The molecule has 2 N–H and O–H groups in total. The average molecular weight is 313 g/mol. The lowest BCUT2D eigenvalue weighted by atomic mass is 10.0. The number of hydrogen-bond donors (Lipinski definition) is 2. The van der Waals surface area contributed by atoms with Gasteiger partial charge in [-0.25, -0.2) is 9.59 Å². The molecule has 0 spiro atoms. The van der Waals surface area contributed by atoms with E-state index in [9.17, 15) is 14.7 Å². The molecule has 0 saturated carbocycles. The van der Waals surface area contributed by atoms with Gasteiger partial charge in [-0.2, -0.15) is 0 Å². The first-order chi connectivity index (χ1) is 11.1. The highest BCUT2D eigenvalue weighted by Crippen LogP contribution is 2.10. The fourth-order valence-electron chi connectivity index (χ4n) is 2.17. The summed E-state index contributed by atoms with van der Waals surface area (Å²) in [6.45, 7) is 2.01. The molecule has 0 aliphatic rings.